The first-order valence-corrected chi connectivity index (χ1v) is 10.1. The third-order valence-corrected chi connectivity index (χ3v) is 7.95. The standard InChI is InChI=1S/C11H24O7P2/c1-2-3-9-4-6-10(7-5-9)8-11(12,19(13,14)15)20(16,17)18/h9-10,12H,2-8H2,1H3,(H2,13,14,15)(H2,16,17,18). The summed E-state index contributed by atoms with van der Waals surface area (Å²) in [6.45, 7) is 2.09. The van der Waals surface area contributed by atoms with Crippen LogP contribution in [-0.4, -0.2) is 29.8 Å². The molecule has 0 atom stereocenters. The van der Waals surface area contributed by atoms with Gasteiger partial charge in [0, 0.05) is 6.42 Å². The minimum atomic E-state index is -5.31. The SMILES string of the molecule is CCCC1CCC(CC(O)(P(=O)(O)O)P(=O)(O)O)CC1. The van der Waals surface area contributed by atoms with E-state index in [0.29, 0.717) is 18.8 Å². The molecule has 0 bridgehead atoms. The van der Waals surface area contributed by atoms with E-state index in [1.807, 2.05) is 0 Å². The van der Waals surface area contributed by atoms with Crippen molar-refractivity contribution in [3.8, 4) is 0 Å². The summed E-state index contributed by atoms with van der Waals surface area (Å²) in [5.41, 5.74) is 0. The Kier molecular flexibility index (Phi) is 6.02. The van der Waals surface area contributed by atoms with Gasteiger partial charge in [0.05, 0.1) is 0 Å². The molecule has 0 radical (unpaired) electrons. The molecule has 1 aliphatic carbocycles. The highest BCUT2D eigenvalue weighted by molar-refractivity contribution is 7.72. The van der Waals surface area contributed by atoms with Crippen LogP contribution in [0.25, 0.3) is 0 Å². The second-order valence-electron chi connectivity index (χ2n) is 5.74. The van der Waals surface area contributed by atoms with Crippen molar-refractivity contribution in [1.82, 2.24) is 0 Å². The molecule has 0 saturated heterocycles. The first kappa shape index (κ1) is 18.3. The Labute approximate surface area is 118 Å². The highest BCUT2D eigenvalue weighted by Gasteiger charge is 2.59. The summed E-state index contributed by atoms with van der Waals surface area (Å²) in [5.74, 6) is 0.294. The van der Waals surface area contributed by atoms with Gasteiger partial charge in [-0.15, -0.1) is 0 Å². The zero-order valence-corrected chi connectivity index (χ0v) is 13.3. The molecule has 120 valence electrons. The fourth-order valence-electron chi connectivity index (χ4n) is 2.93. The molecule has 7 nitrogen and oxygen atoms in total. The molecule has 5 N–H and O–H groups in total. The number of rotatable bonds is 6. The Balaban J connectivity index is 2.75. The van der Waals surface area contributed by atoms with Crippen LogP contribution in [-0.2, 0) is 9.13 Å². The molecule has 0 aromatic heterocycles. The lowest BCUT2D eigenvalue weighted by Crippen LogP contribution is -2.32. The van der Waals surface area contributed by atoms with E-state index in [9.17, 15) is 14.2 Å². The van der Waals surface area contributed by atoms with Crippen molar-refractivity contribution >= 4 is 15.2 Å². The van der Waals surface area contributed by atoms with Crippen LogP contribution >= 0.6 is 15.2 Å². The average Bonchev–Trinajstić information content (AvgIpc) is 2.29. The lowest BCUT2D eigenvalue weighted by molar-refractivity contribution is 0.0932. The number of hydrogen-bond acceptors (Lipinski definition) is 3. The van der Waals surface area contributed by atoms with Crippen LogP contribution < -0.4 is 0 Å². The van der Waals surface area contributed by atoms with Crippen LogP contribution in [0.4, 0.5) is 0 Å². The molecule has 0 aliphatic heterocycles. The molecule has 20 heavy (non-hydrogen) atoms. The van der Waals surface area contributed by atoms with Crippen molar-refractivity contribution in [2.75, 3.05) is 0 Å². The topological polar surface area (TPSA) is 135 Å². The second kappa shape index (κ2) is 6.57. The third kappa shape index (κ3) is 4.14. The Morgan fingerprint density at radius 3 is 1.70 bits per heavy atom. The molecule has 0 aromatic carbocycles. The van der Waals surface area contributed by atoms with Crippen LogP contribution in [0.15, 0.2) is 0 Å². The lowest BCUT2D eigenvalue weighted by atomic mass is 9.79. The lowest BCUT2D eigenvalue weighted by Gasteiger charge is -2.35. The smallest absolute Gasteiger partial charge is 0.368 e. The van der Waals surface area contributed by atoms with Gasteiger partial charge in [-0.05, 0) is 11.8 Å². The summed E-state index contributed by atoms with van der Waals surface area (Å²) < 4.78 is 22.6. The molecule has 0 unspecified atom stereocenters. The summed E-state index contributed by atoms with van der Waals surface area (Å²) in [6, 6.07) is 0. The van der Waals surface area contributed by atoms with Crippen LogP contribution in [0.2, 0.25) is 0 Å². The Morgan fingerprint density at radius 2 is 1.35 bits per heavy atom. The maximum atomic E-state index is 11.3. The first-order valence-electron chi connectivity index (χ1n) is 6.85. The van der Waals surface area contributed by atoms with Gasteiger partial charge in [0.15, 0.2) is 0 Å². The van der Waals surface area contributed by atoms with Gasteiger partial charge in [-0.3, -0.25) is 9.13 Å². The van der Waals surface area contributed by atoms with Crippen molar-refractivity contribution in [3.05, 3.63) is 0 Å². The van der Waals surface area contributed by atoms with Gasteiger partial charge in [-0.2, -0.15) is 0 Å². The van der Waals surface area contributed by atoms with Gasteiger partial charge < -0.3 is 24.7 Å². The Hall–Kier alpha value is 0.260. The minimum absolute atomic E-state index is 0.270. The van der Waals surface area contributed by atoms with Gasteiger partial charge in [0.2, 0.25) is 0 Å². The molecule has 0 heterocycles. The molecular formula is C11H24O7P2. The molecule has 0 amide bonds. The fraction of sp³-hybridized carbons (Fsp3) is 1.00. The van der Waals surface area contributed by atoms with Crippen LogP contribution in [0, 0.1) is 11.8 Å². The summed E-state index contributed by atoms with van der Waals surface area (Å²) in [5, 5.41) is 6.63. The monoisotopic (exact) mass is 330 g/mol. The molecule has 1 saturated carbocycles. The van der Waals surface area contributed by atoms with E-state index in [1.165, 1.54) is 0 Å². The molecule has 1 fully saturated rings. The predicted octanol–water partition coefficient (Wildman–Crippen LogP) is 1.98. The van der Waals surface area contributed by atoms with Crippen molar-refractivity contribution in [2.24, 2.45) is 11.8 Å². The van der Waals surface area contributed by atoms with E-state index >= 15 is 0 Å². The first-order chi connectivity index (χ1) is 9.01. The van der Waals surface area contributed by atoms with Gasteiger partial charge in [-0.1, -0.05) is 45.4 Å². The normalized spacial score (nSPS) is 25.7. The molecule has 1 rings (SSSR count). The highest BCUT2D eigenvalue weighted by atomic mass is 31.2. The molecule has 0 spiro atoms. The van der Waals surface area contributed by atoms with Crippen LogP contribution in [0.3, 0.4) is 0 Å². The molecule has 0 aromatic rings. The summed E-state index contributed by atoms with van der Waals surface area (Å²) in [4.78, 5) is 36.4. The average molecular weight is 330 g/mol. The van der Waals surface area contributed by atoms with Crippen molar-refractivity contribution in [2.45, 2.75) is 57.0 Å². The van der Waals surface area contributed by atoms with E-state index in [-0.39, 0.29) is 5.92 Å². The fourth-order valence-corrected chi connectivity index (χ4v) is 5.28. The second-order valence-corrected chi connectivity index (χ2v) is 9.75. The zero-order valence-electron chi connectivity index (χ0n) is 11.6. The van der Waals surface area contributed by atoms with Gasteiger partial charge in [-0.25, -0.2) is 0 Å². The number of aliphatic hydroxyl groups is 1. The molecule has 9 heteroatoms. The van der Waals surface area contributed by atoms with E-state index in [1.54, 1.807) is 0 Å². The maximum absolute atomic E-state index is 11.3. The van der Waals surface area contributed by atoms with E-state index in [4.69, 9.17) is 19.6 Å². The summed E-state index contributed by atoms with van der Waals surface area (Å²) in [7, 11) is -10.6. The molecule has 1 aliphatic rings. The van der Waals surface area contributed by atoms with E-state index in [2.05, 4.69) is 6.92 Å². The highest BCUT2D eigenvalue weighted by Crippen LogP contribution is 2.70. The third-order valence-electron chi connectivity index (χ3n) is 4.16. The summed E-state index contributed by atoms with van der Waals surface area (Å²) in [6.07, 6.45) is 4.62. The Morgan fingerprint density at radius 1 is 0.950 bits per heavy atom. The quantitative estimate of drug-likeness (QED) is 0.470. The Bertz CT molecular complexity index is 383. The van der Waals surface area contributed by atoms with Gasteiger partial charge in [0.1, 0.15) is 0 Å². The van der Waals surface area contributed by atoms with E-state index in [0.717, 1.165) is 25.7 Å². The number of hydrogen-bond donors (Lipinski definition) is 5. The van der Waals surface area contributed by atoms with Gasteiger partial charge >= 0.3 is 15.2 Å². The molecular weight excluding hydrogens is 306 g/mol. The van der Waals surface area contributed by atoms with Crippen LogP contribution in [0.1, 0.15) is 51.9 Å². The summed E-state index contributed by atoms with van der Waals surface area (Å²) >= 11 is 0. The van der Waals surface area contributed by atoms with Crippen molar-refractivity contribution < 1.29 is 33.8 Å². The van der Waals surface area contributed by atoms with E-state index < -0.39 is 26.7 Å². The maximum Gasteiger partial charge on any atom is 0.369 e. The minimum Gasteiger partial charge on any atom is -0.368 e. The van der Waals surface area contributed by atoms with Crippen LogP contribution in [0.5, 0.6) is 0 Å². The van der Waals surface area contributed by atoms with Crippen molar-refractivity contribution in [1.29, 1.82) is 0 Å². The zero-order chi connectivity index (χ0) is 15.6. The predicted molar refractivity (Wildman–Crippen MR) is 74.0 cm³/mol. The largest absolute Gasteiger partial charge is 0.369 e. The van der Waals surface area contributed by atoms with Crippen molar-refractivity contribution in [3.63, 3.8) is 0 Å². The van der Waals surface area contributed by atoms with Gasteiger partial charge in [0.25, 0.3) is 5.08 Å².